The number of benzene rings is 1. The summed E-state index contributed by atoms with van der Waals surface area (Å²) < 4.78 is 6.12. The molecular weight excluding hydrogens is 248 g/mol. The molecule has 2 atom stereocenters. The Labute approximate surface area is 122 Å². The number of nitrogens with one attached hydrogen (secondary N) is 1. The molecule has 0 aliphatic carbocycles. The third-order valence-corrected chi connectivity index (χ3v) is 4.60. The maximum Gasteiger partial charge on any atom is 0.0707 e. The Bertz CT molecular complexity index is 408. The molecule has 0 spiro atoms. The second-order valence-corrected chi connectivity index (χ2v) is 6.08. The van der Waals surface area contributed by atoms with E-state index in [2.05, 4.69) is 34.5 Å². The fourth-order valence-electron chi connectivity index (χ4n) is 3.48. The zero-order valence-corrected chi connectivity index (χ0v) is 12.5. The van der Waals surface area contributed by atoms with Crippen molar-refractivity contribution in [2.24, 2.45) is 0 Å². The van der Waals surface area contributed by atoms with Gasteiger partial charge >= 0.3 is 0 Å². The van der Waals surface area contributed by atoms with E-state index in [0.29, 0.717) is 12.2 Å². The first-order chi connectivity index (χ1) is 9.85. The average molecular weight is 274 g/mol. The molecule has 0 aromatic heterocycles. The van der Waals surface area contributed by atoms with Gasteiger partial charge in [-0.1, -0.05) is 24.3 Å². The van der Waals surface area contributed by atoms with Crippen molar-refractivity contribution >= 4 is 0 Å². The van der Waals surface area contributed by atoms with Crippen LogP contribution < -0.4 is 5.32 Å². The molecule has 2 unspecified atom stereocenters. The van der Waals surface area contributed by atoms with Crippen molar-refractivity contribution in [3.05, 3.63) is 35.4 Å². The molecule has 1 saturated heterocycles. The van der Waals surface area contributed by atoms with E-state index >= 15 is 0 Å². The van der Waals surface area contributed by atoms with Gasteiger partial charge < -0.3 is 15.0 Å². The van der Waals surface area contributed by atoms with E-state index in [9.17, 15) is 0 Å². The highest BCUT2D eigenvalue weighted by Crippen LogP contribution is 2.22. The monoisotopic (exact) mass is 274 g/mol. The minimum Gasteiger partial charge on any atom is -0.372 e. The summed E-state index contributed by atoms with van der Waals surface area (Å²) in [5.74, 6) is 0. The average Bonchev–Trinajstić information content (AvgIpc) is 2.80. The molecule has 3 rings (SSSR count). The van der Waals surface area contributed by atoms with Crippen LogP contribution in [0.4, 0.5) is 0 Å². The zero-order valence-electron chi connectivity index (χ0n) is 12.5. The van der Waals surface area contributed by atoms with E-state index in [0.717, 1.165) is 13.1 Å². The van der Waals surface area contributed by atoms with Gasteiger partial charge in [-0.15, -0.1) is 0 Å². The Hall–Kier alpha value is -0.900. The molecule has 0 amide bonds. The molecule has 2 aliphatic rings. The van der Waals surface area contributed by atoms with Crippen LogP contribution in [0.1, 0.15) is 24.0 Å². The second kappa shape index (κ2) is 6.70. The van der Waals surface area contributed by atoms with Gasteiger partial charge in [-0.2, -0.15) is 0 Å². The largest absolute Gasteiger partial charge is 0.372 e. The Morgan fingerprint density at radius 2 is 1.75 bits per heavy atom. The van der Waals surface area contributed by atoms with E-state index in [-0.39, 0.29) is 0 Å². The van der Waals surface area contributed by atoms with Crippen LogP contribution in [0, 0.1) is 0 Å². The summed E-state index contributed by atoms with van der Waals surface area (Å²) in [6.45, 7) is 4.44. The van der Waals surface area contributed by atoms with E-state index in [4.69, 9.17) is 4.74 Å². The van der Waals surface area contributed by atoms with Crippen LogP contribution >= 0.6 is 0 Å². The summed E-state index contributed by atoms with van der Waals surface area (Å²) in [6.07, 6.45) is 5.66. The number of rotatable bonds is 4. The summed E-state index contributed by atoms with van der Waals surface area (Å²) >= 11 is 0. The third kappa shape index (κ3) is 3.40. The fraction of sp³-hybridized carbons (Fsp3) is 0.647. The molecule has 3 nitrogen and oxygen atoms in total. The minimum atomic E-state index is 0.425. The molecule has 2 heterocycles. The van der Waals surface area contributed by atoms with Crippen molar-refractivity contribution in [3.63, 3.8) is 0 Å². The first kappa shape index (κ1) is 14.1. The molecular formula is C17H26N2O. The van der Waals surface area contributed by atoms with Gasteiger partial charge in [0.05, 0.1) is 12.2 Å². The topological polar surface area (TPSA) is 24.5 Å². The zero-order chi connectivity index (χ0) is 13.8. The lowest BCUT2D eigenvalue weighted by Gasteiger charge is -2.23. The van der Waals surface area contributed by atoms with Crippen molar-refractivity contribution in [2.75, 3.05) is 33.2 Å². The normalized spacial score (nSPS) is 27.2. The molecule has 3 heteroatoms. The van der Waals surface area contributed by atoms with Crippen LogP contribution in [0.2, 0.25) is 0 Å². The summed E-state index contributed by atoms with van der Waals surface area (Å²) in [5.41, 5.74) is 3.07. The Morgan fingerprint density at radius 3 is 2.40 bits per heavy atom. The summed E-state index contributed by atoms with van der Waals surface area (Å²) in [4.78, 5) is 2.59. The summed E-state index contributed by atoms with van der Waals surface area (Å²) in [6, 6.07) is 8.90. The fourth-order valence-corrected chi connectivity index (χ4v) is 3.48. The van der Waals surface area contributed by atoms with Crippen LogP contribution in [0.15, 0.2) is 24.3 Å². The van der Waals surface area contributed by atoms with Gasteiger partial charge in [0.15, 0.2) is 0 Å². The number of fused-ring (bicyclic) bond motifs is 1. The first-order valence-corrected chi connectivity index (χ1v) is 7.94. The Balaban J connectivity index is 1.51. The second-order valence-electron chi connectivity index (χ2n) is 6.08. The van der Waals surface area contributed by atoms with Crippen molar-refractivity contribution in [2.45, 2.75) is 37.9 Å². The highest BCUT2D eigenvalue weighted by atomic mass is 16.5. The van der Waals surface area contributed by atoms with Gasteiger partial charge in [-0.25, -0.2) is 0 Å². The third-order valence-electron chi connectivity index (χ3n) is 4.60. The lowest BCUT2D eigenvalue weighted by atomic mass is 10.0. The lowest BCUT2D eigenvalue weighted by Crippen LogP contribution is -2.35. The SMILES string of the molecule is CNCC1CCC(CN2CCc3ccccc3CC2)O1. The molecule has 0 bridgehead atoms. The van der Waals surface area contributed by atoms with E-state index < -0.39 is 0 Å². The predicted octanol–water partition coefficient (Wildman–Crippen LogP) is 1.85. The smallest absolute Gasteiger partial charge is 0.0707 e. The summed E-state index contributed by atoms with van der Waals surface area (Å²) in [5, 5.41) is 3.22. The number of ether oxygens (including phenoxy) is 1. The van der Waals surface area contributed by atoms with E-state index in [1.807, 2.05) is 7.05 Å². The van der Waals surface area contributed by atoms with Crippen LogP contribution in [0.25, 0.3) is 0 Å². The predicted molar refractivity (Wildman–Crippen MR) is 82.1 cm³/mol. The van der Waals surface area contributed by atoms with Crippen molar-refractivity contribution < 1.29 is 4.74 Å². The maximum absolute atomic E-state index is 6.12. The maximum atomic E-state index is 6.12. The van der Waals surface area contributed by atoms with Crippen molar-refractivity contribution in [1.29, 1.82) is 0 Å². The van der Waals surface area contributed by atoms with E-state index in [1.165, 1.54) is 49.9 Å². The van der Waals surface area contributed by atoms with Crippen molar-refractivity contribution in [3.8, 4) is 0 Å². The highest BCUT2D eigenvalue weighted by molar-refractivity contribution is 5.28. The van der Waals surface area contributed by atoms with E-state index in [1.54, 1.807) is 0 Å². The number of hydrogen-bond acceptors (Lipinski definition) is 3. The van der Waals surface area contributed by atoms with Crippen molar-refractivity contribution in [1.82, 2.24) is 10.2 Å². The van der Waals surface area contributed by atoms with Crippen LogP contribution in [0.5, 0.6) is 0 Å². The van der Waals surface area contributed by atoms with Crippen LogP contribution in [0.3, 0.4) is 0 Å². The molecule has 1 aromatic rings. The Morgan fingerprint density at radius 1 is 1.10 bits per heavy atom. The highest BCUT2D eigenvalue weighted by Gasteiger charge is 2.26. The molecule has 2 aliphatic heterocycles. The molecule has 20 heavy (non-hydrogen) atoms. The van der Waals surface area contributed by atoms with Gasteiger partial charge in [0.25, 0.3) is 0 Å². The van der Waals surface area contributed by atoms with Gasteiger partial charge in [-0.05, 0) is 43.9 Å². The van der Waals surface area contributed by atoms with Gasteiger partial charge in [0.1, 0.15) is 0 Å². The molecule has 1 aromatic carbocycles. The number of nitrogens with zero attached hydrogens (tertiary/aromatic N) is 1. The first-order valence-electron chi connectivity index (χ1n) is 7.94. The summed E-state index contributed by atoms with van der Waals surface area (Å²) in [7, 11) is 2.00. The molecule has 0 saturated carbocycles. The number of likely N-dealkylation sites (N-methyl/N-ethyl adjacent to an activating group) is 1. The van der Waals surface area contributed by atoms with Gasteiger partial charge in [-0.3, -0.25) is 0 Å². The van der Waals surface area contributed by atoms with Crippen LogP contribution in [-0.4, -0.2) is 50.3 Å². The minimum absolute atomic E-state index is 0.425. The standard InChI is InChI=1S/C17H26N2O/c1-18-12-16-6-7-17(20-16)13-19-10-8-14-4-2-3-5-15(14)9-11-19/h2-5,16-18H,6-13H2,1H3. The Kier molecular flexibility index (Phi) is 4.71. The molecule has 1 fully saturated rings. The quantitative estimate of drug-likeness (QED) is 0.907. The van der Waals surface area contributed by atoms with Crippen LogP contribution in [-0.2, 0) is 17.6 Å². The molecule has 1 N–H and O–H groups in total. The molecule has 0 radical (unpaired) electrons. The number of hydrogen-bond donors (Lipinski definition) is 1. The lowest BCUT2D eigenvalue weighted by molar-refractivity contribution is 0.0249. The van der Waals surface area contributed by atoms with Gasteiger partial charge in [0.2, 0.25) is 0 Å². The molecule has 110 valence electrons. The van der Waals surface area contributed by atoms with Gasteiger partial charge in [0, 0.05) is 26.2 Å².